The van der Waals surface area contributed by atoms with Crippen LogP contribution in [0.2, 0.25) is 0 Å². The Hall–Kier alpha value is -2.25. The van der Waals surface area contributed by atoms with E-state index in [0.717, 1.165) is 17.7 Å². The van der Waals surface area contributed by atoms with Crippen LogP contribution in [-0.2, 0) is 14.8 Å². The smallest absolute Gasteiger partial charge is 0.243 e. The van der Waals surface area contributed by atoms with Crippen LogP contribution < -0.4 is 5.32 Å². The van der Waals surface area contributed by atoms with Gasteiger partial charge in [-0.3, -0.25) is 4.79 Å². The van der Waals surface area contributed by atoms with Crippen molar-refractivity contribution in [2.45, 2.75) is 30.7 Å². The number of benzene rings is 2. The van der Waals surface area contributed by atoms with Crippen molar-refractivity contribution in [2.24, 2.45) is 5.92 Å². The summed E-state index contributed by atoms with van der Waals surface area (Å²) in [5, 5.41) is 2.98. The van der Waals surface area contributed by atoms with Crippen molar-refractivity contribution >= 4 is 15.9 Å². The maximum Gasteiger partial charge on any atom is 0.243 e. The van der Waals surface area contributed by atoms with E-state index in [1.165, 1.54) is 16.4 Å². The van der Waals surface area contributed by atoms with Gasteiger partial charge in [0.15, 0.2) is 0 Å². The first-order valence-corrected chi connectivity index (χ1v) is 10.4. The average Bonchev–Trinajstić information content (AvgIpc) is 2.69. The summed E-state index contributed by atoms with van der Waals surface area (Å²) in [5.74, 6) is -1.04. The predicted octanol–water partition coefficient (Wildman–Crippen LogP) is 3.10. The molecular formula is C20H23FN2O3S. The molecule has 0 aromatic heterocycles. The van der Waals surface area contributed by atoms with Crippen molar-refractivity contribution in [3.63, 3.8) is 0 Å². The van der Waals surface area contributed by atoms with Crippen molar-refractivity contribution < 1.29 is 17.6 Å². The standard InChI is InChI=1S/C20H23FN2O3S/c1-15(16-6-3-2-4-7-16)22-20(24)17-8-5-13-23(14-17)27(25,26)19-11-9-18(21)10-12-19/h2-4,6-7,9-12,15,17H,5,8,13-14H2,1H3,(H,22,24). The molecule has 1 amide bonds. The molecule has 2 aromatic carbocycles. The van der Waals surface area contributed by atoms with Gasteiger partial charge in [0.25, 0.3) is 0 Å². The normalized spacial score (nSPS) is 19.4. The van der Waals surface area contributed by atoms with Gasteiger partial charge in [-0.05, 0) is 49.6 Å². The maximum atomic E-state index is 13.1. The van der Waals surface area contributed by atoms with Gasteiger partial charge in [0.2, 0.25) is 15.9 Å². The first kappa shape index (κ1) is 19.5. The van der Waals surface area contributed by atoms with E-state index in [1.807, 2.05) is 37.3 Å². The topological polar surface area (TPSA) is 66.5 Å². The number of nitrogens with zero attached hydrogens (tertiary/aromatic N) is 1. The van der Waals surface area contributed by atoms with Gasteiger partial charge >= 0.3 is 0 Å². The second-order valence-electron chi connectivity index (χ2n) is 6.80. The summed E-state index contributed by atoms with van der Waals surface area (Å²) < 4.78 is 40.0. The van der Waals surface area contributed by atoms with Crippen molar-refractivity contribution in [3.8, 4) is 0 Å². The molecule has 144 valence electrons. The van der Waals surface area contributed by atoms with Crippen molar-refractivity contribution in [3.05, 3.63) is 66.0 Å². The van der Waals surface area contributed by atoms with E-state index >= 15 is 0 Å². The van der Waals surface area contributed by atoms with Crippen LogP contribution in [0.3, 0.4) is 0 Å². The Kier molecular flexibility index (Phi) is 5.92. The van der Waals surface area contributed by atoms with Crippen LogP contribution in [-0.4, -0.2) is 31.7 Å². The molecule has 2 atom stereocenters. The molecule has 2 aromatic rings. The maximum absolute atomic E-state index is 13.1. The van der Waals surface area contributed by atoms with Crippen LogP contribution in [0.25, 0.3) is 0 Å². The van der Waals surface area contributed by atoms with Gasteiger partial charge in [-0.2, -0.15) is 4.31 Å². The molecular weight excluding hydrogens is 367 g/mol. The summed E-state index contributed by atoms with van der Waals surface area (Å²) in [6.07, 6.45) is 1.25. The van der Waals surface area contributed by atoms with Crippen molar-refractivity contribution in [1.82, 2.24) is 9.62 Å². The molecule has 0 radical (unpaired) electrons. The third-order valence-corrected chi connectivity index (χ3v) is 6.74. The summed E-state index contributed by atoms with van der Waals surface area (Å²) in [7, 11) is -3.74. The average molecular weight is 390 g/mol. The van der Waals surface area contributed by atoms with Crippen LogP contribution in [0, 0.1) is 11.7 Å². The lowest BCUT2D eigenvalue weighted by molar-refractivity contribution is -0.126. The number of halogens is 1. The van der Waals surface area contributed by atoms with E-state index in [4.69, 9.17) is 0 Å². The molecule has 1 saturated heterocycles. The Bertz CT molecular complexity index is 885. The molecule has 5 nitrogen and oxygen atoms in total. The lowest BCUT2D eigenvalue weighted by Crippen LogP contribution is -2.45. The third-order valence-electron chi connectivity index (χ3n) is 4.86. The zero-order valence-electron chi connectivity index (χ0n) is 15.1. The largest absolute Gasteiger partial charge is 0.349 e. The number of amides is 1. The monoisotopic (exact) mass is 390 g/mol. The van der Waals surface area contributed by atoms with Crippen molar-refractivity contribution in [2.75, 3.05) is 13.1 Å². The van der Waals surface area contributed by atoms with E-state index < -0.39 is 21.8 Å². The van der Waals surface area contributed by atoms with Gasteiger partial charge in [0, 0.05) is 13.1 Å². The molecule has 1 aliphatic heterocycles. The Morgan fingerprint density at radius 2 is 1.81 bits per heavy atom. The Morgan fingerprint density at radius 3 is 2.48 bits per heavy atom. The summed E-state index contributed by atoms with van der Waals surface area (Å²) in [6.45, 7) is 2.40. The van der Waals surface area contributed by atoms with Gasteiger partial charge in [-0.1, -0.05) is 30.3 Å². The number of nitrogens with one attached hydrogen (secondary N) is 1. The molecule has 1 heterocycles. The Balaban J connectivity index is 1.68. The number of piperidine rings is 1. The van der Waals surface area contributed by atoms with Gasteiger partial charge in [-0.25, -0.2) is 12.8 Å². The quantitative estimate of drug-likeness (QED) is 0.853. The molecule has 2 unspecified atom stereocenters. The minimum atomic E-state index is -3.74. The summed E-state index contributed by atoms with van der Waals surface area (Å²) in [6, 6.07) is 14.2. The van der Waals surface area contributed by atoms with E-state index in [2.05, 4.69) is 5.32 Å². The van der Waals surface area contributed by atoms with Crippen LogP contribution in [0.5, 0.6) is 0 Å². The van der Waals surface area contributed by atoms with Gasteiger partial charge in [0.05, 0.1) is 16.9 Å². The Labute approximate surface area is 159 Å². The molecule has 0 saturated carbocycles. The zero-order chi connectivity index (χ0) is 19.4. The van der Waals surface area contributed by atoms with Crippen LogP contribution in [0.15, 0.2) is 59.5 Å². The molecule has 27 heavy (non-hydrogen) atoms. The second-order valence-corrected chi connectivity index (χ2v) is 8.74. The predicted molar refractivity (Wildman–Crippen MR) is 101 cm³/mol. The van der Waals surface area contributed by atoms with Crippen LogP contribution in [0.4, 0.5) is 4.39 Å². The summed E-state index contributed by atoms with van der Waals surface area (Å²) >= 11 is 0. The lowest BCUT2D eigenvalue weighted by atomic mass is 9.98. The zero-order valence-corrected chi connectivity index (χ0v) is 16.0. The van der Waals surface area contributed by atoms with Gasteiger partial charge in [-0.15, -0.1) is 0 Å². The third kappa shape index (κ3) is 4.54. The summed E-state index contributed by atoms with van der Waals surface area (Å²) in [5.41, 5.74) is 0.998. The Morgan fingerprint density at radius 1 is 1.15 bits per heavy atom. The molecule has 1 N–H and O–H groups in total. The number of hydrogen-bond donors (Lipinski definition) is 1. The lowest BCUT2D eigenvalue weighted by Gasteiger charge is -2.32. The van der Waals surface area contributed by atoms with E-state index in [0.29, 0.717) is 19.4 Å². The number of rotatable bonds is 5. The number of sulfonamides is 1. The highest BCUT2D eigenvalue weighted by molar-refractivity contribution is 7.89. The molecule has 1 aliphatic rings. The fourth-order valence-electron chi connectivity index (χ4n) is 3.29. The molecule has 0 bridgehead atoms. The number of carbonyl (C=O) groups is 1. The highest BCUT2D eigenvalue weighted by Gasteiger charge is 2.33. The first-order valence-electron chi connectivity index (χ1n) is 8.99. The number of carbonyl (C=O) groups excluding carboxylic acids is 1. The SMILES string of the molecule is CC(NC(=O)C1CCCN(S(=O)(=O)c2ccc(F)cc2)C1)c1ccccc1. The van der Waals surface area contributed by atoms with Gasteiger partial charge in [0.1, 0.15) is 5.82 Å². The van der Waals surface area contributed by atoms with Crippen LogP contribution in [0.1, 0.15) is 31.4 Å². The fourth-order valence-corrected chi connectivity index (χ4v) is 4.81. The van der Waals surface area contributed by atoms with E-state index in [9.17, 15) is 17.6 Å². The minimum absolute atomic E-state index is 0.0441. The molecule has 3 rings (SSSR count). The van der Waals surface area contributed by atoms with Crippen LogP contribution >= 0.6 is 0 Å². The number of hydrogen-bond acceptors (Lipinski definition) is 3. The van der Waals surface area contributed by atoms with Gasteiger partial charge < -0.3 is 5.32 Å². The first-order chi connectivity index (χ1) is 12.9. The highest BCUT2D eigenvalue weighted by atomic mass is 32.2. The molecule has 1 fully saturated rings. The van der Waals surface area contributed by atoms with E-state index in [1.54, 1.807) is 0 Å². The second kappa shape index (κ2) is 8.19. The van der Waals surface area contributed by atoms with E-state index in [-0.39, 0.29) is 23.4 Å². The van der Waals surface area contributed by atoms with Crippen molar-refractivity contribution in [1.29, 1.82) is 0 Å². The minimum Gasteiger partial charge on any atom is -0.349 e. The summed E-state index contributed by atoms with van der Waals surface area (Å²) in [4.78, 5) is 12.7. The molecule has 0 aliphatic carbocycles. The highest BCUT2D eigenvalue weighted by Crippen LogP contribution is 2.25. The fraction of sp³-hybridized carbons (Fsp3) is 0.350. The molecule has 0 spiro atoms. The molecule has 7 heteroatoms.